The molecule has 15 heavy (non-hydrogen) atoms. The summed E-state index contributed by atoms with van der Waals surface area (Å²) < 4.78 is 10.8. The lowest BCUT2D eigenvalue weighted by Crippen LogP contribution is -2.33. The highest BCUT2D eigenvalue weighted by Crippen LogP contribution is 2.35. The Kier molecular flexibility index (Phi) is 7.20. The van der Waals surface area contributed by atoms with E-state index in [1.165, 1.54) is 0 Å². The lowest BCUT2D eigenvalue weighted by molar-refractivity contribution is 0.0235. The Labute approximate surface area is 95.3 Å². The average Bonchev–Trinajstić information content (AvgIpc) is 2.13. The molecule has 0 heterocycles. The van der Waals surface area contributed by atoms with E-state index in [1.807, 2.05) is 6.92 Å². The van der Waals surface area contributed by atoms with Crippen molar-refractivity contribution in [3.05, 3.63) is 0 Å². The van der Waals surface area contributed by atoms with Crippen molar-refractivity contribution in [2.24, 2.45) is 17.3 Å². The molecular weight excluding hydrogens is 188 g/mol. The first-order chi connectivity index (χ1) is 6.95. The monoisotopic (exact) mass is 216 g/mol. The molecule has 92 valence electrons. The standard InChI is InChI=1S/C13H28O2/c1-7-15-9-8-13(4,5)12(10-14-6)11(2)3/h11-12H,7-10H2,1-6H3. The van der Waals surface area contributed by atoms with E-state index in [4.69, 9.17) is 9.47 Å². The number of methoxy groups -OCH3 is 1. The summed E-state index contributed by atoms with van der Waals surface area (Å²) in [5, 5.41) is 0. The number of ether oxygens (including phenoxy) is 2. The quantitative estimate of drug-likeness (QED) is 0.579. The first-order valence-electron chi connectivity index (χ1n) is 6.02. The first-order valence-corrected chi connectivity index (χ1v) is 6.02. The van der Waals surface area contributed by atoms with Crippen molar-refractivity contribution in [2.75, 3.05) is 26.9 Å². The summed E-state index contributed by atoms with van der Waals surface area (Å²) in [6.07, 6.45) is 1.10. The topological polar surface area (TPSA) is 18.5 Å². The van der Waals surface area contributed by atoms with Gasteiger partial charge in [0.15, 0.2) is 0 Å². The highest BCUT2D eigenvalue weighted by atomic mass is 16.5. The van der Waals surface area contributed by atoms with Gasteiger partial charge in [-0.1, -0.05) is 27.7 Å². The van der Waals surface area contributed by atoms with E-state index in [2.05, 4.69) is 27.7 Å². The highest BCUT2D eigenvalue weighted by Gasteiger charge is 2.31. The van der Waals surface area contributed by atoms with Gasteiger partial charge < -0.3 is 9.47 Å². The maximum atomic E-state index is 5.44. The third kappa shape index (κ3) is 5.53. The van der Waals surface area contributed by atoms with Crippen molar-refractivity contribution in [3.63, 3.8) is 0 Å². The van der Waals surface area contributed by atoms with E-state index >= 15 is 0 Å². The summed E-state index contributed by atoms with van der Waals surface area (Å²) in [5.74, 6) is 1.25. The highest BCUT2D eigenvalue weighted by molar-refractivity contribution is 4.80. The van der Waals surface area contributed by atoms with Gasteiger partial charge in [-0.05, 0) is 30.6 Å². The SMILES string of the molecule is CCOCCC(C)(C)C(COC)C(C)C. The Morgan fingerprint density at radius 1 is 1.20 bits per heavy atom. The van der Waals surface area contributed by atoms with Gasteiger partial charge in [-0.3, -0.25) is 0 Å². The van der Waals surface area contributed by atoms with Crippen LogP contribution in [0.4, 0.5) is 0 Å². The van der Waals surface area contributed by atoms with Crippen LogP contribution < -0.4 is 0 Å². The van der Waals surface area contributed by atoms with Gasteiger partial charge in [0.05, 0.1) is 0 Å². The van der Waals surface area contributed by atoms with Gasteiger partial charge in [0.25, 0.3) is 0 Å². The summed E-state index contributed by atoms with van der Waals surface area (Å²) in [4.78, 5) is 0. The molecule has 1 atom stereocenters. The molecule has 0 spiro atoms. The zero-order valence-corrected chi connectivity index (χ0v) is 11.3. The van der Waals surface area contributed by atoms with Crippen molar-refractivity contribution in [1.29, 1.82) is 0 Å². The first kappa shape index (κ1) is 14.9. The lowest BCUT2D eigenvalue weighted by Gasteiger charge is -2.36. The Morgan fingerprint density at radius 2 is 1.80 bits per heavy atom. The molecule has 0 bridgehead atoms. The number of hydrogen-bond acceptors (Lipinski definition) is 2. The molecular formula is C13H28O2. The van der Waals surface area contributed by atoms with E-state index in [1.54, 1.807) is 7.11 Å². The predicted molar refractivity (Wildman–Crippen MR) is 65.1 cm³/mol. The van der Waals surface area contributed by atoms with Crippen LogP contribution in [0, 0.1) is 17.3 Å². The zero-order valence-electron chi connectivity index (χ0n) is 11.3. The minimum absolute atomic E-state index is 0.291. The predicted octanol–water partition coefficient (Wildman–Crippen LogP) is 3.36. The second-order valence-electron chi connectivity index (χ2n) is 5.24. The summed E-state index contributed by atoms with van der Waals surface area (Å²) >= 11 is 0. The van der Waals surface area contributed by atoms with Crippen LogP contribution in [-0.4, -0.2) is 26.9 Å². The Hall–Kier alpha value is -0.0800. The van der Waals surface area contributed by atoms with Crippen LogP contribution >= 0.6 is 0 Å². The molecule has 0 aliphatic rings. The third-order valence-corrected chi connectivity index (χ3v) is 3.25. The molecule has 0 saturated heterocycles. The second kappa shape index (κ2) is 7.24. The van der Waals surface area contributed by atoms with Crippen LogP contribution in [0.5, 0.6) is 0 Å². The Bertz CT molecular complexity index is 153. The van der Waals surface area contributed by atoms with Crippen molar-refractivity contribution >= 4 is 0 Å². The van der Waals surface area contributed by atoms with Crippen LogP contribution in [0.15, 0.2) is 0 Å². The van der Waals surface area contributed by atoms with Crippen LogP contribution in [0.25, 0.3) is 0 Å². The summed E-state index contributed by atoms with van der Waals surface area (Å²) in [7, 11) is 1.79. The van der Waals surface area contributed by atoms with Gasteiger partial charge in [-0.25, -0.2) is 0 Å². The van der Waals surface area contributed by atoms with Gasteiger partial charge in [0.2, 0.25) is 0 Å². The van der Waals surface area contributed by atoms with Gasteiger partial charge in [0.1, 0.15) is 0 Å². The largest absolute Gasteiger partial charge is 0.384 e. The fourth-order valence-electron chi connectivity index (χ4n) is 2.16. The van der Waals surface area contributed by atoms with Crippen LogP contribution in [0.2, 0.25) is 0 Å². The molecule has 0 aromatic carbocycles. The van der Waals surface area contributed by atoms with Crippen molar-refractivity contribution in [2.45, 2.75) is 41.0 Å². The van der Waals surface area contributed by atoms with Gasteiger partial charge in [-0.15, -0.1) is 0 Å². The molecule has 0 saturated carbocycles. The third-order valence-electron chi connectivity index (χ3n) is 3.25. The Morgan fingerprint density at radius 3 is 2.20 bits per heavy atom. The molecule has 0 rings (SSSR count). The van der Waals surface area contributed by atoms with E-state index < -0.39 is 0 Å². The second-order valence-corrected chi connectivity index (χ2v) is 5.24. The molecule has 0 fully saturated rings. The van der Waals surface area contributed by atoms with Gasteiger partial charge in [-0.2, -0.15) is 0 Å². The molecule has 0 aliphatic carbocycles. The molecule has 0 N–H and O–H groups in total. The molecule has 1 unspecified atom stereocenters. The van der Waals surface area contributed by atoms with E-state index in [0.29, 0.717) is 17.3 Å². The zero-order chi connectivity index (χ0) is 11.9. The summed E-state index contributed by atoms with van der Waals surface area (Å²) in [6, 6.07) is 0. The Balaban J connectivity index is 4.22. The molecule has 2 heteroatoms. The summed E-state index contributed by atoms with van der Waals surface area (Å²) in [6.45, 7) is 13.7. The molecule has 2 nitrogen and oxygen atoms in total. The normalized spacial score (nSPS) is 14.6. The molecule has 0 amide bonds. The van der Waals surface area contributed by atoms with Crippen LogP contribution in [0.3, 0.4) is 0 Å². The van der Waals surface area contributed by atoms with Crippen LogP contribution in [0.1, 0.15) is 41.0 Å². The maximum absolute atomic E-state index is 5.44. The minimum Gasteiger partial charge on any atom is -0.384 e. The van der Waals surface area contributed by atoms with E-state index in [-0.39, 0.29) is 0 Å². The fraction of sp³-hybridized carbons (Fsp3) is 1.00. The van der Waals surface area contributed by atoms with E-state index in [0.717, 1.165) is 26.2 Å². The van der Waals surface area contributed by atoms with Crippen molar-refractivity contribution in [1.82, 2.24) is 0 Å². The smallest absolute Gasteiger partial charge is 0.0498 e. The van der Waals surface area contributed by atoms with Crippen molar-refractivity contribution in [3.8, 4) is 0 Å². The average molecular weight is 216 g/mol. The number of rotatable bonds is 8. The summed E-state index contributed by atoms with van der Waals surface area (Å²) in [5.41, 5.74) is 0.291. The molecule has 0 aromatic heterocycles. The molecule has 0 aliphatic heterocycles. The van der Waals surface area contributed by atoms with Gasteiger partial charge in [0, 0.05) is 26.9 Å². The lowest BCUT2D eigenvalue weighted by atomic mass is 9.71. The van der Waals surface area contributed by atoms with Crippen LogP contribution in [-0.2, 0) is 9.47 Å². The molecule has 0 radical (unpaired) electrons. The van der Waals surface area contributed by atoms with Gasteiger partial charge >= 0.3 is 0 Å². The maximum Gasteiger partial charge on any atom is 0.0498 e. The van der Waals surface area contributed by atoms with Crippen molar-refractivity contribution < 1.29 is 9.47 Å². The minimum atomic E-state index is 0.291. The number of hydrogen-bond donors (Lipinski definition) is 0. The fourth-order valence-corrected chi connectivity index (χ4v) is 2.16. The molecule has 0 aromatic rings. The van der Waals surface area contributed by atoms with E-state index in [9.17, 15) is 0 Å².